The molecule has 1 amide bonds. The minimum atomic E-state index is -3.77. The third-order valence-corrected chi connectivity index (χ3v) is 4.41. The summed E-state index contributed by atoms with van der Waals surface area (Å²) in [6.07, 6.45) is 0.848. The third kappa shape index (κ3) is 4.05. The Morgan fingerprint density at radius 1 is 1.38 bits per heavy atom. The van der Waals surface area contributed by atoms with Crippen molar-refractivity contribution in [2.45, 2.75) is 30.9 Å². The van der Waals surface area contributed by atoms with Crippen LogP contribution >= 0.6 is 0 Å². The summed E-state index contributed by atoms with van der Waals surface area (Å²) in [6.45, 7) is 1.79. The van der Waals surface area contributed by atoms with Crippen molar-refractivity contribution < 1.29 is 27.5 Å². The topological polar surface area (TPSA) is 117 Å². The van der Waals surface area contributed by atoms with Crippen LogP contribution in [0.25, 0.3) is 0 Å². The number of hydrogen-bond donors (Lipinski definition) is 2. The number of furan rings is 1. The number of aliphatic carboxylic acids is 1. The number of carbonyl (C=O) groups excluding carboxylic acids is 1. The predicted molar refractivity (Wildman–Crippen MR) is 73.4 cm³/mol. The lowest BCUT2D eigenvalue weighted by atomic mass is 10.1. The molecule has 0 aliphatic heterocycles. The van der Waals surface area contributed by atoms with E-state index in [2.05, 4.69) is 5.32 Å². The summed E-state index contributed by atoms with van der Waals surface area (Å²) in [4.78, 5) is 22.8. The molecule has 9 heteroatoms. The summed E-state index contributed by atoms with van der Waals surface area (Å²) < 4.78 is 29.6. The van der Waals surface area contributed by atoms with Crippen LogP contribution in [0.4, 0.5) is 0 Å². The van der Waals surface area contributed by atoms with E-state index in [1.807, 2.05) is 0 Å². The average Bonchev–Trinajstić information content (AvgIpc) is 2.87. The number of amides is 1. The maximum absolute atomic E-state index is 11.9. The summed E-state index contributed by atoms with van der Waals surface area (Å²) in [5.74, 6) is -2.17. The summed E-state index contributed by atoms with van der Waals surface area (Å²) in [7, 11) is -1.11. The fraction of sp³-hybridized carbons (Fsp3) is 0.500. The van der Waals surface area contributed by atoms with Gasteiger partial charge in [-0.2, -0.15) is 0 Å². The van der Waals surface area contributed by atoms with E-state index in [1.165, 1.54) is 20.2 Å². The van der Waals surface area contributed by atoms with Gasteiger partial charge in [0.2, 0.25) is 5.09 Å². The fourth-order valence-corrected chi connectivity index (χ4v) is 2.33. The Morgan fingerprint density at radius 3 is 2.48 bits per heavy atom. The number of carboxylic acids is 1. The highest BCUT2D eigenvalue weighted by atomic mass is 32.2. The molecule has 0 aromatic carbocycles. The van der Waals surface area contributed by atoms with Gasteiger partial charge in [0.05, 0.1) is 0 Å². The first-order chi connectivity index (χ1) is 9.70. The predicted octanol–water partition coefficient (Wildman–Crippen LogP) is 0.513. The van der Waals surface area contributed by atoms with Crippen LogP contribution in [0.5, 0.6) is 0 Å². The van der Waals surface area contributed by atoms with E-state index in [1.54, 1.807) is 6.92 Å². The summed E-state index contributed by atoms with van der Waals surface area (Å²) in [6, 6.07) is 1.30. The Bertz CT molecular complexity index is 619. The van der Waals surface area contributed by atoms with E-state index in [4.69, 9.17) is 9.52 Å². The molecule has 1 unspecified atom stereocenters. The second-order valence-electron chi connectivity index (χ2n) is 4.56. The van der Waals surface area contributed by atoms with Crippen molar-refractivity contribution in [3.63, 3.8) is 0 Å². The van der Waals surface area contributed by atoms with E-state index < -0.39 is 27.9 Å². The molecule has 0 spiro atoms. The molecule has 0 bridgehead atoms. The summed E-state index contributed by atoms with van der Waals surface area (Å²) >= 11 is 0. The van der Waals surface area contributed by atoms with Gasteiger partial charge in [-0.1, -0.05) is 13.3 Å². The van der Waals surface area contributed by atoms with E-state index >= 15 is 0 Å². The fourth-order valence-electron chi connectivity index (χ4n) is 1.54. The Morgan fingerprint density at radius 2 is 2.00 bits per heavy atom. The van der Waals surface area contributed by atoms with Crippen molar-refractivity contribution in [2.24, 2.45) is 0 Å². The van der Waals surface area contributed by atoms with Gasteiger partial charge in [0.25, 0.3) is 15.9 Å². The number of nitrogens with zero attached hydrogens (tertiary/aromatic N) is 1. The van der Waals surface area contributed by atoms with E-state index in [9.17, 15) is 18.0 Å². The van der Waals surface area contributed by atoms with Crippen molar-refractivity contribution in [3.8, 4) is 0 Å². The molecule has 0 aliphatic carbocycles. The van der Waals surface area contributed by atoms with Crippen LogP contribution in [0.3, 0.4) is 0 Å². The van der Waals surface area contributed by atoms with Gasteiger partial charge in [-0.15, -0.1) is 0 Å². The zero-order chi connectivity index (χ0) is 16.2. The zero-order valence-corrected chi connectivity index (χ0v) is 12.8. The highest BCUT2D eigenvalue weighted by Gasteiger charge is 2.25. The Kier molecular flexibility index (Phi) is 5.50. The van der Waals surface area contributed by atoms with Crippen LogP contribution < -0.4 is 5.32 Å². The number of nitrogens with one attached hydrogen (secondary N) is 1. The molecular formula is C12H18N2O6S. The SMILES string of the molecule is CCCC(NC(=O)c1ccc(S(=O)(=O)N(C)C)o1)C(=O)O. The van der Waals surface area contributed by atoms with Gasteiger partial charge in [-0.05, 0) is 18.6 Å². The molecule has 21 heavy (non-hydrogen) atoms. The molecule has 0 fully saturated rings. The van der Waals surface area contributed by atoms with Crippen LogP contribution in [0, 0.1) is 0 Å². The minimum Gasteiger partial charge on any atom is -0.480 e. The maximum atomic E-state index is 11.9. The first-order valence-electron chi connectivity index (χ1n) is 6.26. The number of rotatable bonds is 7. The quantitative estimate of drug-likeness (QED) is 0.756. The van der Waals surface area contributed by atoms with Crippen LogP contribution in [0.15, 0.2) is 21.6 Å². The number of sulfonamides is 1. The van der Waals surface area contributed by atoms with Crippen molar-refractivity contribution in [1.82, 2.24) is 9.62 Å². The monoisotopic (exact) mass is 318 g/mol. The van der Waals surface area contributed by atoms with Gasteiger partial charge < -0.3 is 14.8 Å². The molecule has 0 saturated carbocycles. The number of hydrogen-bond acceptors (Lipinski definition) is 5. The van der Waals surface area contributed by atoms with Crippen molar-refractivity contribution in [3.05, 3.63) is 17.9 Å². The normalized spacial score (nSPS) is 13.1. The number of carbonyl (C=O) groups is 2. The highest BCUT2D eigenvalue weighted by molar-refractivity contribution is 7.88. The third-order valence-electron chi connectivity index (χ3n) is 2.72. The van der Waals surface area contributed by atoms with E-state index in [0.29, 0.717) is 6.42 Å². The Balaban J connectivity index is 2.91. The van der Waals surface area contributed by atoms with Gasteiger partial charge in [-0.25, -0.2) is 17.5 Å². The molecule has 2 N–H and O–H groups in total. The first-order valence-corrected chi connectivity index (χ1v) is 7.70. The van der Waals surface area contributed by atoms with Gasteiger partial charge >= 0.3 is 5.97 Å². The Hall–Kier alpha value is -1.87. The second-order valence-corrected chi connectivity index (χ2v) is 6.64. The highest BCUT2D eigenvalue weighted by Crippen LogP contribution is 2.17. The first kappa shape index (κ1) is 17.2. The molecule has 0 radical (unpaired) electrons. The standard InChI is InChI=1S/C12H18N2O6S/c1-4-5-8(12(16)17)13-11(15)9-6-7-10(20-9)21(18,19)14(2)3/h6-8H,4-5H2,1-3H3,(H,13,15)(H,16,17). The Labute approximate surface area is 122 Å². The van der Waals surface area contributed by atoms with Gasteiger partial charge in [0.1, 0.15) is 6.04 Å². The summed E-state index contributed by atoms with van der Waals surface area (Å²) in [5.41, 5.74) is 0. The molecule has 0 aliphatic rings. The molecule has 0 saturated heterocycles. The van der Waals surface area contributed by atoms with Crippen molar-refractivity contribution >= 4 is 21.9 Å². The van der Waals surface area contributed by atoms with E-state index in [-0.39, 0.29) is 17.3 Å². The molecule has 1 heterocycles. The molecule has 118 valence electrons. The van der Waals surface area contributed by atoms with Crippen LogP contribution in [-0.4, -0.2) is 49.8 Å². The van der Waals surface area contributed by atoms with E-state index in [0.717, 1.165) is 10.4 Å². The maximum Gasteiger partial charge on any atom is 0.326 e. The lowest BCUT2D eigenvalue weighted by molar-refractivity contribution is -0.139. The molecule has 1 rings (SSSR count). The smallest absolute Gasteiger partial charge is 0.326 e. The second kappa shape index (κ2) is 6.72. The summed E-state index contributed by atoms with van der Waals surface area (Å²) in [5, 5.41) is 10.9. The largest absolute Gasteiger partial charge is 0.480 e. The van der Waals surface area contributed by atoms with Gasteiger partial charge in [-0.3, -0.25) is 4.79 Å². The molecule has 8 nitrogen and oxygen atoms in total. The molecule has 1 aromatic heterocycles. The van der Waals surface area contributed by atoms with Gasteiger partial charge in [0.15, 0.2) is 5.76 Å². The average molecular weight is 318 g/mol. The molecular weight excluding hydrogens is 300 g/mol. The van der Waals surface area contributed by atoms with Crippen LogP contribution in [-0.2, 0) is 14.8 Å². The van der Waals surface area contributed by atoms with Crippen molar-refractivity contribution in [2.75, 3.05) is 14.1 Å². The zero-order valence-electron chi connectivity index (χ0n) is 12.0. The van der Waals surface area contributed by atoms with Crippen molar-refractivity contribution in [1.29, 1.82) is 0 Å². The molecule has 1 atom stereocenters. The van der Waals surface area contributed by atoms with Crippen LogP contribution in [0.1, 0.15) is 30.3 Å². The number of carboxylic acid groups (broad SMARTS) is 1. The lowest BCUT2D eigenvalue weighted by Crippen LogP contribution is -2.40. The lowest BCUT2D eigenvalue weighted by Gasteiger charge is -2.12. The molecule has 1 aromatic rings. The van der Waals surface area contributed by atoms with Crippen LogP contribution in [0.2, 0.25) is 0 Å². The minimum absolute atomic E-state index is 0.252. The van der Waals surface area contributed by atoms with Gasteiger partial charge in [0, 0.05) is 14.1 Å².